The largest absolute Gasteiger partial charge is 0.374 e. The minimum atomic E-state index is -4.13. The van der Waals surface area contributed by atoms with E-state index in [4.69, 9.17) is 39.5 Å². The molecule has 4 aromatic rings. The number of hydrogen-bond acceptors (Lipinski definition) is 8. The minimum Gasteiger partial charge on any atom is -0.374 e. The normalized spacial score (nSPS) is 23.0. The van der Waals surface area contributed by atoms with Crippen LogP contribution in [0.25, 0.3) is 0 Å². The van der Waals surface area contributed by atoms with Crippen LogP contribution in [-0.2, 0) is 64.4 Å². The predicted octanol–water partition coefficient (Wildman–Crippen LogP) is 6.66. The van der Waals surface area contributed by atoms with E-state index in [-0.39, 0.29) is 33.0 Å². The van der Waals surface area contributed by atoms with Crippen LogP contribution >= 0.6 is 11.6 Å². The molecule has 0 radical (unpaired) electrons. The highest BCUT2D eigenvalue weighted by Crippen LogP contribution is 2.41. The molecule has 10 heteroatoms. The van der Waals surface area contributed by atoms with Crippen molar-refractivity contribution in [2.24, 2.45) is 0 Å². The summed E-state index contributed by atoms with van der Waals surface area (Å²) in [5.74, 6) is -0.680. The monoisotopic (exact) mass is 680 g/mol. The number of rotatable bonds is 17. The third kappa shape index (κ3) is 10.4. The van der Waals surface area contributed by atoms with Gasteiger partial charge in [0.25, 0.3) is 10.1 Å². The summed E-state index contributed by atoms with van der Waals surface area (Å²) in [6.45, 7) is 2.48. The molecule has 0 saturated carbocycles. The molecule has 0 aromatic heterocycles. The molecule has 250 valence electrons. The van der Waals surface area contributed by atoms with Crippen LogP contribution in [-0.4, -0.2) is 56.9 Å². The third-order valence-corrected chi connectivity index (χ3v) is 9.64. The lowest BCUT2D eigenvalue weighted by Gasteiger charge is -2.49. The molecule has 0 unspecified atom stereocenters. The first-order valence-corrected chi connectivity index (χ1v) is 17.6. The van der Waals surface area contributed by atoms with Crippen molar-refractivity contribution in [2.75, 3.05) is 19.0 Å². The second-order valence-electron chi connectivity index (χ2n) is 11.3. The van der Waals surface area contributed by atoms with Crippen molar-refractivity contribution in [2.45, 2.75) is 62.8 Å². The van der Waals surface area contributed by atoms with E-state index in [1.54, 1.807) is 6.92 Å². The van der Waals surface area contributed by atoms with Crippen molar-refractivity contribution in [3.05, 3.63) is 144 Å². The van der Waals surface area contributed by atoms with Gasteiger partial charge in [-0.25, -0.2) is 0 Å². The average Bonchev–Trinajstić information content (AvgIpc) is 3.08. The Kier molecular flexibility index (Phi) is 13.0. The van der Waals surface area contributed by atoms with E-state index in [9.17, 15) is 8.42 Å². The first-order chi connectivity index (χ1) is 22.9. The summed E-state index contributed by atoms with van der Waals surface area (Å²) >= 11 is 7.28. The summed E-state index contributed by atoms with van der Waals surface area (Å²) in [5.41, 5.74) is 3.71. The van der Waals surface area contributed by atoms with Gasteiger partial charge in [0, 0.05) is 0 Å². The zero-order chi connectivity index (χ0) is 33.0. The van der Waals surface area contributed by atoms with Gasteiger partial charge < -0.3 is 23.7 Å². The molecule has 47 heavy (non-hydrogen) atoms. The Morgan fingerprint density at radius 1 is 0.638 bits per heavy atom. The lowest BCUT2D eigenvalue weighted by Crippen LogP contribution is -2.67. The first-order valence-electron chi connectivity index (χ1n) is 15.7. The van der Waals surface area contributed by atoms with Crippen molar-refractivity contribution in [3.8, 4) is 0 Å². The summed E-state index contributed by atoms with van der Waals surface area (Å²) < 4.78 is 63.8. The summed E-state index contributed by atoms with van der Waals surface area (Å²) in [4.78, 5) is 0. The van der Waals surface area contributed by atoms with E-state index in [1.165, 1.54) is 0 Å². The summed E-state index contributed by atoms with van der Waals surface area (Å²) in [7, 11) is -4.13. The van der Waals surface area contributed by atoms with Gasteiger partial charge in [-0.15, -0.1) is 0 Å². The van der Waals surface area contributed by atoms with Gasteiger partial charge in [0.05, 0.1) is 39.6 Å². The first kappa shape index (κ1) is 35.2. The van der Waals surface area contributed by atoms with Gasteiger partial charge in [0.1, 0.15) is 30.2 Å². The van der Waals surface area contributed by atoms with E-state index in [0.717, 1.165) is 22.3 Å². The van der Waals surface area contributed by atoms with Crippen LogP contribution in [0.1, 0.15) is 29.2 Å². The summed E-state index contributed by atoms with van der Waals surface area (Å²) in [6.07, 6.45) is -3.53. The molecule has 0 aliphatic carbocycles. The molecule has 0 amide bonds. The van der Waals surface area contributed by atoms with Gasteiger partial charge in [-0.1, -0.05) is 133 Å². The fourth-order valence-electron chi connectivity index (χ4n) is 5.49. The zero-order valence-corrected chi connectivity index (χ0v) is 27.9. The maximum Gasteiger partial charge on any atom is 0.271 e. The summed E-state index contributed by atoms with van der Waals surface area (Å²) in [5, 5.41) is -1.91. The van der Waals surface area contributed by atoms with Crippen LogP contribution in [0.4, 0.5) is 0 Å². The SMILES string of the molecule is CCOS(=O)(=O)C[C@]1(Cl)O[C@H](COCc2ccccc2)[C@@H](OCc2ccccc2)[C@H](OCc2ccccc2)[C@H]1OCc1ccccc1. The lowest BCUT2D eigenvalue weighted by molar-refractivity contribution is -0.280. The minimum absolute atomic E-state index is 0.0497. The Morgan fingerprint density at radius 2 is 1.06 bits per heavy atom. The average molecular weight is 681 g/mol. The zero-order valence-electron chi connectivity index (χ0n) is 26.4. The highest BCUT2D eigenvalue weighted by molar-refractivity contribution is 7.86. The fraction of sp³-hybridized carbons (Fsp3) is 0.351. The Bertz CT molecular complexity index is 1580. The molecule has 0 spiro atoms. The molecule has 1 aliphatic rings. The van der Waals surface area contributed by atoms with Gasteiger partial charge in [0.15, 0.2) is 5.06 Å². The molecule has 1 fully saturated rings. The molecule has 1 heterocycles. The molecular formula is C37H41ClO8S. The maximum absolute atomic E-state index is 13.2. The molecule has 5 rings (SSSR count). The Hall–Kier alpha value is -3.12. The second-order valence-corrected chi connectivity index (χ2v) is 13.6. The smallest absolute Gasteiger partial charge is 0.271 e. The Labute approximate surface area is 282 Å². The molecule has 8 nitrogen and oxygen atoms in total. The van der Waals surface area contributed by atoms with E-state index in [1.807, 2.05) is 121 Å². The summed E-state index contributed by atoms with van der Waals surface area (Å²) in [6, 6.07) is 38.7. The quantitative estimate of drug-likeness (QED) is 0.0904. The van der Waals surface area contributed by atoms with Crippen LogP contribution in [0, 0.1) is 0 Å². The van der Waals surface area contributed by atoms with E-state index < -0.39 is 45.3 Å². The topological polar surface area (TPSA) is 89.5 Å². The van der Waals surface area contributed by atoms with Crippen LogP contribution in [0.15, 0.2) is 121 Å². The number of alkyl halides is 1. The fourth-order valence-corrected chi connectivity index (χ4v) is 7.35. The Balaban J connectivity index is 1.50. The molecule has 0 N–H and O–H groups in total. The second kappa shape index (κ2) is 17.3. The Morgan fingerprint density at radius 3 is 1.53 bits per heavy atom. The van der Waals surface area contributed by atoms with Crippen molar-refractivity contribution in [1.82, 2.24) is 0 Å². The highest BCUT2D eigenvalue weighted by atomic mass is 35.5. The predicted molar refractivity (Wildman–Crippen MR) is 180 cm³/mol. The maximum atomic E-state index is 13.2. The van der Waals surface area contributed by atoms with Crippen LogP contribution in [0.3, 0.4) is 0 Å². The van der Waals surface area contributed by atoms with Gasteiger partial charge in [0.2, 0.25) is 0 Å². The van der Waals surface area contributed by atoms with Gasteiger partial charge >= 0.3 is 0 Å². The van der Waals surface area contributed by atoms with Crippen LogP contribution in [0.2, 0.25) is 0 Å². The van der Waals surface area contributed by atoms with Crippen molar-refractivity contribution >= 4 is 21.7 Å². The van der Waals surface area contributed by atoms with Gasteiger partial charge in [-0.05, 0) is 29.2 Å². The van der Waals surface area contributed by atoms with E-state index in [0.29, 0.717) is 6.61 Å². The van der Waals surface area contributed by atoms with Crippen molar-refractivity contribution < 1.29 is 36.3 Å². The lowest BCUT2D eigenvalue weighted by atomic mass is 9.94. The molecular weight excluding hydrogens is 640 g/mol. The van der Waals surface area contributed by atoms with Gasteiger partial charge in [-0.2, -0.15) is 8.42 Å². The van der Waals surface area contributed by atoms with Crippen molar-refractivity contribution in [3.63, 3.8) is 0 Å². The van der Waals surface area contributed by atoms with Crippen molar-refractivity contribution in [1.29, 1.82) is 0 Å². The van der Waals surface area contributed by atoms with E-state index in [2.05, 4.69) is 0 Å². The van der Waals surface area contributed by atoms with Gasteiger partial charge in [-0.3, -0.25) is 4.18 Å². The number of hydrogen-bond donors (Lipinski definition) is 0. The van der Waals surface area contributed by atoms with E-state index >= 15 is 0 Å². The van der Waals surface area contributed by atoms with Crippen LogP contribution < -0.4 is 0 Å². The highest BCUT2D eigenvalue weighted by Gasteiger charge is 2.58. The number of benzene rings is 4. The molecule has 1 aliphatic heterocycles. The molecule has 5 atom stereocenters. The standard InChI is InChI=1S/C37H41ClO8S/c1-2-45-47(39,40)28-37(38)36(44-26-32-21-13-6-14-22-32)35(43-25-31-19-11-5-12-20-31)34(42-24-30-17-9-4-10-18-30)33(46-37)27-41-23-29-15-7-3-8-16-29/h3-22,33-36H,2,23-28H2,1H3/t33-,34-,35+,36-,37+/m1/s1. The molecule has 0 bridgehead atoms. The number of halogens is 1. The molecule has 4 aromatic carbocycles. The van der Waals surface area contributed by atoms with Crippen LogP contribution in [0.5, 0.6) is 0 Å². The number of ether oxygens (including phenoxy) is 5. The third-order valence-electron chi connectivity index (χ3n) is 7.67. The molecule has 1 saturated heterocycles.